The third-order valence-corrected chi connectivity index (χ3v) is 3.74. The van der Waals surface area contributed by atoms with Gasteiger partial charge < -0.3 is 20.5 Å². The van der Waals surface area contributed by atoms with Crippen LogP contribution in [0.15, 0.2) is 12.1 Å². The third kappa shape index (κ3) is 3.60. The molecule has 0 amide bonds. The maximum absolute atomic E-state index is 6.01. The van der Waals surface area contributed by atoms with Gasteiger partial charge in [-0.25, -0.2) is 4.98 Å². The highest BCUT2D eigenvalue weighted by molar-refractivity contribution is 7.98. The minimum Gasteiger partial charge on any atom is -0.493 e. The molecule has 0 saturated carbocycles. The summed E-state index contributed by atoms with van der Waals surface area (Å²) in [6, 6.07) is 3.60. The topological polar surface area (TPSA) is 82.3 Å². The van der Waals surface area contributed by atoms with E-state index in [1.165, 1.54) is 0 Å². The van der Waals surface area contributed by atoms with Crippen LogP contribution in [0.4, 0.5) is 11.8 Å². The quantitative estimate of drug-likeness (QED) is 0.760. The highest BCUT2D eigenvalue weighted by atomic mass is 32.2. The molecule has 21 heavy (non-hydrogen) atoms. The van der Waals surface area contributed by atoms with Crippen molar-refractivity contribution in [3.05, 3.63) is 12.1 Å². The highest BCUT2D eigenvalue weighted by Crippen LogP contribution is 2.33. The van der Waals surface area contributed by atoms with Gasteiger partial charge in [-0.05, 0) is 24.5 Å². The van der Waals surface area contributed by atoms with Crippen molar-refractivity contribution in [2.24, 2.45) is 0 Å². The number of ether oxygens (including phenoxy) is 2. The number of rotatable bonds is 7. The van der Waals surface area contributed by atoms with Crippen LogP contribution in [0.25, 0.3) is 10.9 Å². The summed E-state index contributed by atoms with van der Waals surface area (Å²) in [5.74, 6) is 3.29. The molecule has 114 valence electrons. The first-order chi connectivity index (χ1) is 10.2. The molecule has 0 aliphatic carbocycles. The molecule has 0 unspecified atom stereocenters. The summed E-state index contributed by atoms with van der Waals surface area (Å²) >= 11 is 1.82. The van der Waals surface area contributed by atoms with Crippen molar-refractivity contribution >= 4 is 34.4 Å². The standard InChI is InChI=1S/C14H20N4O2S/c1-19-11-7-9-10(8-12(11)20-2)17-14(18-13(9)15)16-5-4-6-21-3/h7-8H,4-6H2,1-3H3,(H3,15,16,17,18). The normalized spacial score (nSPS) is 10.6. The van der Waals surface area contributed by atoms with Gasteiger partial charge in [-0.2, -0.15) is 16.7 Å². The van der Waals surface area contributed by atoms with Crippen LogP contribution in [0.1, 0.15) is 6.42 Å². The summed E-state index contributed by atoms with van der Waals surface area (Å²) in [6.45, 7) is 0.819. The van der Waals surface area contributed by atoms with Gasteiger partial charge in [-0.1, -0.05) is 0 Å². The van der Waals surface area contributed by atoms with Crippen LogP contribution < -0.4 is 20.5 Å². The zero-order valence-corrected chi connectivity index (χ0v) is 13.3. The second-order valence-corrected chi connectivity index (χ2v) is 5.42. The second-order valence-electron chi connectivity index (χ2n) is 4.43. The SMILES string of the molecule is COc1cc2nc(NCCCSC)nc(N)c2cc1OC. The van der Waals surface area contributed by atoms with Gasteiger partial charge in [0.25, 0.3) is 0 Å². The monoisotopic (exact) mass is 308 g/mol. The van der Waals surface area contributed by atoms with Gasteiger partial charge in [0, 0.05) is 18.0 Å². The number of nitrogens with one attached hydrogen (secondary N) is 1. The summed E-state index contributed by atoms with van der Waals surface area (Å²) in [6.07, 6.45) is 3.14. The smallest absolute Gasteiger partial charge is 0.225 e. The van der Waals surface area contributed by atoms with E-state index in [0.717, 1.165) is 29.6 Å². The van der Waals surface area contributed by atoms with Crippen molar-refractivity contribution in [1.82, 2.24) is 9.97 Å². The first-order valence-corrected chi connectivity index (χ1v) is 8.01. The molecule has 3 N–H and O–H groups in total. The molecular weight excluding hydrogens is 288 g/mol. The van der Waals surface area contributed by atoms with Crippen LogP contribution in [-0.2, 0) is 0 Å². The number of hydrogen-bond donors (Lipinski definition) is 2. The van der Waals surface area contributed by atoms with Gasteiger partial charge >= 0.3 is 0 Å². The third-order valence-electron chi connectivity index (χ3n) is 3.04. The Morgan fingerprint density at radius 3 is 2.57 bits per heavy atom. The van der Waals surface area contributed by atoms with Crippen molar-refractivity contribution in [2.45, 2.75) is 6.42 Å². The fourth-order valence-electron chi connectivity index (χ4n) is 1.98. The zero-order chi connectivity index (χ0) is 15.2. The molecule has 7 heteroatoms. The summed E-state index contributed by atoms with van der Waals surface area (Å²) in [4.78, 5) is 8.76. The lowest BCUT2D eigenvalue weighted by Gasteiger charge is -2.11. The number of nitrogen functional groups attached to an aromatic ring is 1. The van der Waals surface area contributed by atoms with E-state index in [2.05, 4.69) is 21.5 Å². The van der Waals surface area contributed by atoms with Crippen LogP contribution in [0.5, 0.6) is 11.5 Å². The predicted octanol–water partition coefficient (Wildman–Crippen LogP) is 2.39. The molecule has 1 aromatic heterocycles. The minimum atomic E-state index is 0.424. The van der Waals surface area contributed by atoms with Crippen LogP contribution in [0.2, 0.25) is 0 Å². The van der Waals surface area contributed by atoms with Crippen molar-refractivity contribution in [3.8, 4) is 11.5 Å². The lowest BCUT2D eigenvalue weighted by molar-refractivity contribution is 0.356. The Balaban J connectivity index is 2.31. The van der Waals surface area contributed by atoms with E-state index in [0.29, 0.717) is 23.3 Å². The fourth-order valence-corrected chi connectivity index (χ4v) is 2.41. The minimum absolute atomic E-state index is 0.424. The molecule has 6 nitrogen and oxygen atoms in total. The van der Waals surface area contributed by atoms with Crippen molar-refractivity contribution in [1.29, 1.82) is 0 Å². The largest absolute Gasteiger partial charge is 0.493 e. The molecule has 0 spiro atoms. The van der Waals surface area contributed by atoms with Crippen LogP contribution in [-0.4, -0.2) is 42.7 Å². The lowest BCUT2D eigenvalue weighted by atomic mass is 10.2. The maximum Gasteiger partial charge on any atom is 0.225 e. The predicted molar refractivity (Wildman–Crippen MR) is 88.5 cm³/mol. The Labute approximate surface area is 128 Å². The van der Waals surface area contributed by atoms with Crippen LogP contribution in [0.3, 0.4) is 0 Å². The molecule has 0 atom stereocenters. The van der Waals surface area contributed by atoms with Gasteiger partial charge in [0.05, 0.1) is 19.7 Å². The van der Waals surface area contributed by atoms with E-state index >= 15 is 0 Å². The number of nitrogens with zero attached hydrogens (tertiary/aromatic N) is 2. The van der Waals surface area contributed by atoms with Crippen molar-refractivity contribution in [2.75, 3.05) is 43.8 Å². The van der Waals surface area contributed by atoms with Crippen LogP contribution >= 0.6 is 11.8 Å². The number of benzene rings is 1. The van der Waals surface area contributed by atoms with Crippen molar-refractivity contribution < 1.29 is 9.47 Å². The molecule has 2 aromatic rings. The second kappa shape index (κ2) is 7.21. The number of nitrogens with two attached hydrogens (primary N) is 1. The fraction of sp³-hybridized carbons (Fsp3) is 0.429. The molecule has 0 fully saturated rings. The maximum atomic E-state index is 6.01. The van der Waals surface area contributed by atoms with E-state index in [-0.39, 0.29) is 0 Å². The molecule has 2 rings (SSSR count). The molecule has 0 radical (unpaired) electrons. The van der Waals surface area contributed by atoms with E-state index in [1.54, 1.807) is 26.4 Å². The first-order valence-electron chi connectivity index (χ1n) is 6.61. The number of aromatic nitrogens is 2. The van der Waals surface area contributed by atoms with Gasteiger partial charge in [-0.3, -0.25) is 0 Å². The Hall–Kier alpha value is -1.89. The Kier molecular flexibility index (Phi) is 5.32. The Morgan fingerprint density at radius 1 is 1.19 bits per heavy atom. The van der Waals surface area contributed by atoms with E-state index < -0.39 is 0 Å². The summed E-state index contributed by atoms with van der Waals surface area (Å²) < 4.78 is 10.6. The molecule has 0 saturated heterocycles. The molecule has 0 bridgehead atoms. The highest BCUT2D eigenvalue weighted by Gasteiger charge is 2.11. The number of hydrogen-bond acceptors (Lipinski definition) is 7. The Morgan fingerprint density at radius 2 is 1.90 bits per heavy atom. The lowest BCUT2D eigenvalue weighted by Crippen LogP contribution is -2.08. The number of fused-ring (bicyclic) bond motifs is 1. The Bertz CT molecular complexity index is 621. The summed E-state index contributed by atoms with van der Waals surface area (Å²) in [5, 5.41) is 3.94. The van der Waals surface area contributed by atoms with Gasteiger partial charge in [0.15, 0.2) is 11.5 Å². The summed E-state index contributed by atoms with van der Waals surface area (Å²) in [7, 11) is 3.18. The van der Waals surface area contributed by atoms with E-state index in [9.17, 15) is 0 Å². The first kappa shape index (κ1) is 15.5. The molecule has 0 aliphatic rings. The average Bonchev–Trinajstić information content (AvgIpc) is 2.50. The van der Waals surface area contributed by atoms with E-state index in [4.69, 9.17) is 15.2 Å². The molecular formula is C14H20N4O2S. The number of anilines is 2. The van der Waals surface area contributed by atoms with E-state index in [1.807, 2.05) is 11.8 Å². The summed E-state index contributed by atoms with van der Waals surface area (Å²) in [5.41, 5.74) is 6.74. The molecule has 1 heterocycles. The van der Waals surface area contributed by atoms with Gasteiger partial charge in [0.2, 0.25) is 5.95 Å². The number of thioether (sulfide) groups is 1. The average molecular weight is 308 g/mol. The van der Waals surface area contributed by atoms with Crippen LogP contribution in [0, 0.1) is 0 Å². The molecule has 0 aliphatic heterocycles. The zero-order valence-electron chi connectivity index (χ0n) is 12.5. The van der Waals surface area contributed by atoms with Crippen molar-refractivity contribution in [3.63, 3.8) is 0 Å². The van der Waals surface area contributed by atoms with Gasteiger partial charge in [0.1, 0.15) is 5.82 Å². The van der Waals surface area contributed by atoms with Gasteiger partial charge in [-0.15, -0.1) is 0 Å². The number of methoxy groups -OCH3 is 2. The molecule has 1 aromatic carbocycles.